The largest absolute Gasteiger partial charge is 0.330 e. The summed E-state index contributed by atoms with van der Waals surface area (Å²) < 4.78 is 23.1. The fraction of sp³-hybridized carbons (Fsp3) is 0.444. The first-order valence-corrected chi connectivity index (χ1v) is 10.0. The molecule has 0 unspecified atom stereocenters. The van der Waals surface area contributed by atoms with Crippen LogP contribution in [0.4, 0.5) is 0 Å². The number of hydrogen-bond acceptors (Lipinski definition) is 5. The van der Waals surface area contributed by atoms with E-state index in [2.05, 4.69) is 9.97 Å². The van der Waals surface area contributed by atoms with E-state index < -0.39 is 7.60 Å². The van der Waals surface area contributed by atoms with Crippen LogP contribution in [0, 0.1) is 6.92 Å². The van der Waals surface area contributed by atoms with E-state index in [0.717, 1.165) is 35.4 Å². The summed E-state index contributed by atoms with van der Waals surface area (Å²) in [6.07, 6.45) is 5.54. The molecule has 2 heterocycles. The molecule has 0 aliphatic heterocycles. The molecule has 0 saturated carbocycles. The van der Waals surface area contributed by atoms with Crippen LogP contribution in [-0.4, -0.2) is 29.3 Å². The Hall–Kier alpha value is -1.55. The molecule has 5 nitrogen and oxygen atoms in total. The highest BCUT2D eigenvalue weighted by Crippen LogP contribution is 2.48. The molecular weight excluding hydrogens is 323 g/mol. The maximum Gasteiger partial charge on any atom is 0.330 e. The summed E-state index contributed by atoms with van der Waals surface area (Å²) in [6, 6.07) is 8.00. The van der Waals surface area contributed by atoms with Crippen molar-refractivity contribution in [2.75, 3.05) is 19.4 Å². The Kier molecular flexibility index (Phi) is 7.10. The second-order valence-electron chi connectivity index (χ2n) is 5.54. The molecule has 0 fully saturated rings. The number of pyridine rings is 2. The van der Waals surface area contributed by atoms with E-state index in [-0.39, 0.29) is 0 Å². The van der Waals surface area contributed by atoms with Gasteiger partial charge in [-0.2, -0.15) is 0 Å². The topological polar surface area (TPSA) is 61.3 Å². The van der Waals surface area contributed by atoms with E-state index in [1.54, 1.807) is 12.4 Å². The Morgan fingerprint density at radius 1 is 1.00 bits per heavy atom. The van der Waals surface area contributed by atoms with E-state index in [9.17, 15) is 4.57 Å². The van der Waals surface area contributed by atoms with Gasteiger partial charge in [-0.1, -0.05) is 0 Å². The smallest absolute Gasteiger partial charge is 0.309 e. The minimum absolute atomic E-state index is 0.399. The summed E-state index contributed by atoms with van der Waals surface area (Å²) in [4.78, 5) is 8.77. The van der Waals surface area contributed by atoms with Gasteiger partial charge in [0.2, 0.25) is 0 Å². The molecule has 0 N–H and O–H groups in total. The van der Waals surface area contributed by atoms with Crippen molar-refractivity contribution in [3.8, 4) is 11.4 Å². The van der Waals surface area contributed by atoms with E-state index >= 15 is 0 Å². The van der Waals surface area contributed by atoms with Crippen LogP contribution in [0.15, 0.2) is 36.7 Å². The van der Waals surface area contributed by atoms with Crippen molar-refractivity contribution in [2.24, 2.45) is 0 Å². The molecule has 0 bridgehead atoms. The van der Waals surface area contributed by atoms with Gasteiger partial charge < -0.3 is 9.05 Å². The molecule has 0 radical (unpaired) electrons. The molecule has 2 aromatic rings. The molecule has 130 valence electrons. The number of nitrogens with zero attached hydrogens (tertiary/aromatic N) is 2. The number of rotatable bonds is 9. The zero-order valence-corrected chi connectivity index (χ0v) is 15.5. The molecule has 0 atom stereocenters. The quantitative estimate of drug-likeness (QED) is 0.617. The van der Waals surface area contributed by atoms with Crippen molar-refractivity contribution < 1.29 is 13.6 Å². The zero-order valence-electron chi connectivity index (χ0n) is 14.6. The van der Waals surface area contributed by atoms with Gasteiger partial charge in [-0.3, -0.25) is 14.5 Å². The summed E-state index contributed by atoms with van der Waals surface area (Å²) in [5, 5.41) is 0. The standard InChI is InChI=1S/C18H25N2O3P/c1-4-22-24(21,23-5-2)12-6-7-16-9-11-20-18(14-16)17-13-15(3)8-10-19-17/h8-11,13-14H,4-7,12H2,1-3H3. The van der Waals surface area contributed by atoms with Crippen molar-refractivity contribution >= 4 is 7.60 Å². The first-order chi connectivity index (χ1) is 11.6. The molecule has 0 amide bonds. The van der Waals surface area contributed by atoms with Crippen molar-refractivity contribution in [1.29, 1.82) is 0 Å². The number of hydrogen-bond donors (Lipinski definition) is 0. The molecule has 0 saturated heterocycles. The molecule has 0 spiro atoms. The third-order valence-corrected chi connectivity index (χ3v) is 5.72. The average Bonchev–Trinajstić information content (AvgIpc) is 2.55. The summed E-state index contributed by atoms with van der Waals surface area (Å²) in [5.74, 6) is 0. The highest BCUT2D eigenvalue weighted by Gasteiger charge is 2.22. The van der Waals surface area contributed by atoms with Crippen LogP contribution >= 0.6 is 7.60 Å². The van der Waals surface area contributed by atoms with Crippen molar-refractivity contribution in [3.63, 3.8) is 0 Å². The normalized spacial score (nSPS) is 11.6. The van der Waals surface area contributed by atoms with Gasteiger partial charge in [0.05, 0.1) is 30.8 Å². The van der Waals surface area contributed by atoms with E-state index in [0.29, 0.717) is 19.4 Å². The van der Waals surface area contributed by atoms with E-state index in [1.807, 2.05) is 45.0 Å². The van der Waals surface area contributed by atoms with E-state index in [4.69, 9.17) is 9.05 Å². The maximum atomic E-state index is 12.5. The Bertz CT molecular complexity index is 696. The first kappa shape index (κ1) is 18.8. The lowest BCUT2D eigenvalue weighted by Crippen LogP contribution is -2.01. The molecule has 2 rings (SSSR count). The van der Waals surface area contributed by atoms with Gasteiger partial charge in [0.15, 0.2) is 0 Å². The van der Waals surface area contributed by atoms with Crippen LogP contribution in [-0.2, 0) is 20.0 Å². The average molecular weight is 348 g/mol. The third-order valence-electron chi connectivity index (χ3n) is 3.55. The van der Waals surface area contributed by atoms with Crippen LogP contribution in [0.3, 0.4) is 0 Å². The lowest BCUT2D eigenvalue weighted by Gasteiger charge is -2.16. The second-order valence-corrected chi connectivity index (χ2v) is 7.73. The first-order valence-electron chi connectivity index (χ1n) is 8.32. The fourth-order valence-electron chi connectivity index (χ4n) is 2.48. The van der Waals surface area contributed by atoms with Crippen LogP contribution < -0.4 is 0 Å². The van der Waals surface area contributed by atoms with Gasteiger partial charge in [0, 0.05) is 12.4 Å². The Balaban J connectivity index is 2.01. The number of aryl methyl sites for hydroxylation is 2. The molecule has 0 aliphatic carbocycles. The minimum Gasteiger partial charge on any atom is -0.309 e. The lowest BCUT2D eigenvalue weighted by molar-refractivity contribution is 0.220. The highest BCUT2D eigenvalue weighted by atomic mass is 31.2. The van der Waals surface area contributed by atoms with Gasteiger partial charge in [0.25, 0.3) is 0 Å². The van der Waals surface area contributed by atoms with Crippen molar-refractivity contribution in [3.05, 3.63) is 47.8 Å². The van der Waals surface area contributed by atoms with Gasteiger partial charge in [-0.05, 0) is 69.0 Å². The fourth-order valence-corrected chi connectivity index (χ4v) is 4.15. The minimum atomic E-state index is -2.96. The summed E-state index contributed by atoms with van der Waals surface area (Å²) >= 11 is 0. The van der Waals surface area contributed by atoms with Crippen LogP contribution in [0.25, 0.3) is 11.4 Å². The van der Waals surface area contributed by atoms with E-state index in [1.165, 1.54) is 0 Å². The van der Waals surface area contributed by atoms with Crippen molar-refractivity contribution in [1.82, 2.24) is 9.97 Å². The Morgan fingerprint density at radius 2 is 1.62 bits per heavy atom. The molecule has 24 heavy (non-hydrogen) atoms. The maximum absolute atomic E-state index is 12.5. The lowest BCUT2D eigenvalue weighted by atomic mass is 10.1. The second kappa shape index (κ2) is 9.07. The van der Waals surface area contributed by atoms with Gasteiger partial charge in [0.1, 0.15) is 0 Å². The number of aromatic nitrogens is 2. The van der Waals surface area contributed by atoms with Gasteiger partial charge in [-0.15, -0.1) is 0 Å². The molecule has 0 aliphatic rings. The highest BCUT2D eigenvalue weighted by molar-refractivity contribution is 7.53. The third kappa shape index (κ3) is 5.52. The monoisotopic (exact) mass is 348 g/mol. The molecule has 2 aromatic heterocycles. The van der Waals surface area contributed by atoms with Gasteiger partial charge >= 0.3 is 7.60 Å². The Labute approximate surface area is 144 Å². The SMILES string of the molecule is CCOP(=O)(CCCc1ccnc(-c2cc(C)ccn2)c1)OCC. The summed E-state index contributed by atoms with van der Waals surface area (Å²) in [6.45, 7) is 6.49. The van der Waals surface area contributed by atoms with Gasteiger partial charge in [-0.25, -0.2) is 0 Å². The molecular formula is C18H25N2O3P. The van der Waals surface area contributed by atoms with Crippen LogP contribution in [0.1, 0.15) is 31.4 Å². The summed E-state index contributed by atoms with van der Waals surface area (Å²) in [5.41, 5.74) is 4.02. The van der Waals surface area contributed by atoms with Crippen LogP contribution in [0.2, 0.25) is 0 Å². The summed E-state index contributed by atoms with van der Waals surface area (Å²) in [7, 11) is -2.96. The predicted octanol–water partition coefficient (Wildman–Crippen LogP) is 4.65. The molecule has 6 heteroatoms. The zero-order chi connectivity index (χ0) is 17.4. The van der Waals surface area contributed by atoms with Crippen LogP contribution in [0.5, 0.6) is 0 Å². The van der Waals surface area contributed by atoms with Crippen molar-refractivity contribution in [2.45, 2.75) is 33.6 Å². The molecule has 0 aromatic carbocycles. The predicted molar refractivity (Wildman–Crippen MR) is 96.3 cm³/mol. The Morgan fingerprint density at radius 3 is 2.25 bits per heavy atom.